The van der Waals surface area contributed by atoms with E-state index in [4.69, 9.17) is 4.74 Å². The van der Waals surface area contributed by atoms with Gasteiger partial charge in [-0.25, -0.2) is 0 Å². The summed E-state index contributed by atoms with van der Waals surface area (Å²) in [5.74, 6) is 1.00. The zero-order chi connectivity index (χ0) is 10.1. The van der Waals surface area contributed by atoms with Gasteiger partial charge in [-0.3, -0.25) is 0 Å². The zero-order valence-electron chi connectivity index (χ0n) is 9.00. The van der Waals surface area contributed by atoms with Crippen molar-refractivity contribution >= 4 is 0 Å². The number of aryl methyl sites for hydroxylation is 1. The average molecular weight is 191 g/mol. The van der Waals surface area contributed by atoms with Gasteiger partial charge in [0.25, 0.3) is 0 Å². The van der Waals surface area contributed by atoms with Crippen LogP contribution in [0.5, 0.6) is 5.75 Å². The molecule has 1 saturated heterocycles. The van der Waals surface area contributed by atoms with Crippen LogP contribution in [0.2, 0.25) is 0 Å². The van der Waals surface area contributed by atoms with Crippen LogP contribution in [-0.2, 0) is 0 Å². The molecule has 0 aromatic heterocycles. The first-order chi connectivity index (χ1) is 6.66. The third-order valence-corrected chi connectivity index (χ3v) is 2.37. The quantitative estimate of drug-likeness (QED) is 0.744. The molecule has 0 spiro atoms. The monoisotopic (exact) mass is 191 g/mol. The van der Waals surface area contributed by atoms with Crippen LogP contribution >= 0.6 is 0 Å². The lowest BCUT2D eigenvalue weighted by Gasteiger charge is -2.12. The lowest BCUT2D eigenvalue weighted by atomic mass is 10.1. The van der Waals surface area contributed by atoms with E-state index < -0.39 is 0 Å². The van der Waals surface area contributed by atoms with Gasteiger partial charge in [-0.1, -0.05) is 12.1 Å². The van der Waals surface area contributed by atoms with Crippen LogP contribution in [0, 0.1) is 6.92 Å². The number of ether oxygens (including phenoxy) is 1. The van der Waals surface area contributed by atoms with E-state index in [9.17, 15) is 0 Å². The van der Waals surface area contributed by atoms with Gasteiger partial charge in [-0.05, 0) is 38.0 Å². The summed E-state index contributed by atoms with van der Waals surface area (Å²) in [5.41, 5.74) is 2.60. The maximum atomic E-state index is 5.68. The molecule has 0 bridgehead atoms. The van der Waals surface area contributed by atoms with Gasteiger partial charge in [0.05, 0.1) is 6.10 Å². The Bertz CT molecular complexity index is 329. The van der Waals surface area contributed by atoms with Gasteiger partial charge in [0.15, 0.2) is 0 Å². The van der Waals surface area contributed by atoms with E-state index in [1.807, 2.05) is 0 Å². The smallest absolute Gasteiger partial charge is 0.122 e. The van der Waals surface area contributed by atoms with Crippen molar-refractivity contribution in [3.05, 3.63) is 29.3 Å². The van der Waals surface area contributed by atoms with Gasteiger partial charge in [0.1, 0.15) is 5.75 Å². The van der Waals surface area contributed by atoms with E-state index in [0.29, 0.717) is 6.04 Å². The van der Waals surface area contributed by atoms with Crippen LogP contribution in [0.4, 0.5) is 0 Å². The van der Waals surface area contributed by atoms with Gasteiger partial charge >= 0.3 is 0 Å². The molecule has 1 aromatic rings. The summed E-state index contributed by atoms with van der Waals surface area (Å²) in [4.78, 5) is 0. The highest BCUT2D eigenvalue weighted by Gasteiger charge is 2.22. The van der Waals surface area contributed by atoms with Crippen LogP contribution in [-0.4, -0.2) is 12.6 Å². The molecule has 1 N–H and O–H groups in total. The number of hydrogen-bond donors (Lipinski definition) is 1. The van der Waals surface area contributed by atoms with Crippen molar-refractivity contribution in [1.29, 1.82) is 0 Å². The number of rotatable bonds is 3. The standard InChI is InChI=1S/C12H17NO/c1-8(2)14-12-5-4-10(6-9(12)3)11-7-13-11/h4-6,8,11,13H,7H2,1-3H3. The molecule has 1 atom stereocenters. The van der Waals surface area contributed by atoms with Crippen LogP contribution < -0.4 is 10.1 Å². The van der Waals surface area contributed by atoms with Crippen molar-refractivity contribution in [2.75, 3.05) is 6.54 Å². The maximum absolute atomic E-state index is 5.68. The first kappa shape index (κ1) is 9.53. The van der Waals surface area contributed by atoms with E-state index in [1.165, 1.54) is 11.1 Å². The Morgan fingerprint density at radius 1 is 1.43 bits per heavy atom. The number of benzene rings is 1. The Morgan fingerprint density at radius 3 is 2.64 bits per heavy atom. The Labute approximate surface area is 85.3 Å². The molecular formula is C12H17NO. The fourth-order valence-corrected chi connectivity index (χ4v) is 1.57. The van der Waals surface area contributed by atoms with Crippen LogP contribution in [0.1, 0.15) is 31.0 Å². The molecule has 0 amide bonds. The second kappa shape index (κ2) is 3.62. The first-order valence-electron chi connectivity index (χ1n) is 5.17. The molecule has 0 radical (unpaired) electrons. The molecule has 1 aliphatic heterocycles. The van der Waals surface area contributed by atoms with Gasteiger partial charge in [0, 0.05) is 12.6 Å². The molecular weight excluding hydrogens is 174 g/mol. The molecule has 2 rings (SSSR count). The van der Waals surface area contributed by atoms with Gasteiger partial charge in [-0.2, -0.15) is 0 Å². The SMILES string of the molecule is Cc1cc(C2CN2)ccc1OC(C)C. The molecule has 14 heavy (non-hydrogen) atoms. The molecule has 1 fully saturated rings. The summed E-state index contributed by atoms with van der Waals surface area (Å²) < 4.78 is 5.68. The minimum Gasteiger partial charge on any atom is -0.491 e. The molecule has 76 valence electrons. The van der Waals surface area contributed by atoms with Crippen LogP contribution in [0.3, 0.4) is 0 Å². The summed E-state index contributed by atoms with van der Waals surface area (Å²) in [6, 6.07) is 7.02. The predicted molar refractivity (Wildman–Crippen MR) is 57.7 cm³/mol. The van der Waals surface area contributed by atoms with Crippen molar-refractivity contribution in [2.24, 2.45) is 0 Å². The summed E-state index contributed by atoms with van der Waals surface area (Å²) in [6.07, 6.45) is 0.249. The van der Waals surface area contributed by atoms with E-state index in [1.54, 1.807) is 0 Å². The largest absolute Gasteiger partial charge is 0.491 e. The van der Waals surface area contributed by atoms with E-state index >= 15 is 0 Å². The van der Waals surface area contributed by atoms with E-state index in [-0.39, 0.29) is 6.10 Å². The topological polar surface area (TPSA) is 31.2 Å². The Kier molecular flexibility index (Phi) is 2.46. The van der Waals surface area contributed by atoms with E-state index in [0.717, 1.165) is 12.3 Å². The Morgan fingerprint density at radius 2 is 2.14 bits per heavy atom. The molecule has 1 heterocycles. The highest BCUT2D eigenvalue weighted by molar-refractivity contribution is 5.38. The van der Waals surface area contributed by atoms with Crippen LogP contribution in [0.15, 0.2) is 18.2 Å². The van der Waals surface area contributed by atoms with Crippen molar-refractivity contribution < 1.29 is 4.74 Å². The van der Waals surface area contributed by atoms with Crippen LogP contribution in [0.25, 0.3) is 0 Å². The zero-order valence-corrected chi connectivity index (χ0v) is 9.00. The van der Waals surface area contributed by atoms with Crippen molar-refractivity contribution in [2.45, 2.75) is 32.9 Å². The minimum atomic E-state index is 0.249. The van der Waals surface area contributed by atoms with Gasteiger partial charge < -0.3 is 10.1 Å². The lowest BCUT2D eigenvalue weighted by molar-refractivity contribution is 0.240. The minimum absolute atomic E-state index is 0.249. The third kappa shape index (κ3) is 2.07. The average Bonchev–Trinajstić information content (AvgIpc) is 2.90. The molecule has 1 aliphatic rings. The second-order valence-electron chi connectivity index (χ2n) is 4.15. The number of nitrogens with one attached hydrogen (secondary N) is 1. The molecule has 1 aromatic carbocycles. The molecule has 1 unspecified atom stereocenters. The van der Waals surface area contributed by atoms with Gasteiger partial charge in [-0.15, -0.1) is 0 Å². The normalized spacial score (nSPS) is 19.9. The molecule has 0 aliphatic carbocycles. The molecule has 2 heteroatoms. The fourth-order valence-electron chi connectivity index (χ4n) is 1.57. The lowest BCUT2D eigenvalue weighted by Crippen LogP contribution is -2.06. The fraction of sp³-hybridized carbons (Fsp3) is 0.500. The van der Waals surface area contributed by atoms with Crippen molar-refractivity contribution in [3.8, 4) is 5.75 Å². The number of hydrogen-bond acceptors (Lipinski definition) is 2. The van der Waals surface area contributed by atoms with Crippen molar-refractivity contribution in [1.82, 2.24) is 5.32 Å². The Balaban J connectivity index is 2.17. The molecule has 2 nitrogen and oxygen atoms in total. The van der Waals surface area contributed by atoms with Gasteiger partial charge in [0.2, 0.25) is 0 Å². The van der Waals surface area contributed by atoms with E-state index in [2.05, 4.69) is 44.3 Å². The summed E-state index contributed by atoms with van der Waals surface area (Å²) in [6.45, 7) is 7.32. The second-order valence-corrected chi connectivity index (χ2v) is 4.15. The summed E-state index contributed by atoms with van der Waals surface area (Å²) in [5, 5.41) is 3.30. The molecule has 0 saturated carbocycles. The van der Waals surface area contributed by atoms with Crippen molar-refractivity contribution in [3.63, 3.8) is 0 Å². The highest BCUT2D eigenvalue weighted by Crippen LogP contribution is 2.27. The summed E-state index contributed by atoms with van der Waals surface area (Å²) in [7, 11) is 0. The maximum Gasteiger partial charge on any atom is 0.122 e. The highest BCUT2D eigenvalue weighted by atomic mass is 16.5. The third-order valence-electron chi connectivity index (χ3n) is 2.37. The first-order valence-corrected chi connectivity index (χ1v) is 5.17. The predicted octanol–water partition coefficient (Wildman–Crippen LogP) is 2.43. The summed E-state index contributed by atoms with van der Waals surface area (Å²) >= 11 is 0. The Hall–Kier alpha value is -1.02.